The number of anilines is 1. The molecule has 0 spiro atoms. The van der Waals surface area contributed by atoms with Gasteiger partial charge in [0.25, 0.3) is 5.56 Å². The van der Waals surface area contributed by atoms with E-state index in [-0.39, 0.29) is 24.4 Å². The summed E-state index contributed by atoms with van der Waals surface area (Å²) in [4.78, 5) is 30.4. The number of aromatic nitrogens is 2. The van der Waals surface area contributed by atoms with Crippen LogP contribution in [0.2, 0.25) is 0 Å². The van der Waals surface area contributed by atoms with Gasteiger partial charge in [-0.05, 0) is 17.7 Å². The van der Waals surface area contributed by atoms with E-state index in [1.807, 2.05) is 41.8 Å². The lowest BCUT2D eigenvalue weighted by molar-refractivity contribution is -0.116. The Morgan fingerprint density at radius 1 is 1.14 bits per heavy atom. The third kappa shape index (κ3) is 3.79. The minimum atomic E-state index is -0.270. The molecule has 2 heterocycles. The number of carbonyl (C=O) groups is 1. The Balaban J connectivity index is 1.56. The van der Waals surface area contributed by atoms with Crippen molar-refractivity contribution in [3.63, 3.8) is 0 Å². The zero-order valence-electron chi connectivity index (χ0n) is 15.3. The van der Waals surface area contributed by atoms with Crippen molar-refractivity contribution in [3.8, 4) is 17.2 Å². The van der Waals surface area contributed by atoms with E-state index in [0.717, 1.165) is 11.1 Å². The van der Waals surface area contributed by atoms with Crippen LogP contribution in [-0.2, 0) is 11.3 Å². The SMILES string of the molecule is N#Cc1ccccc1NC(=O)CCn1cnc2scc(-c3ccccc3)c2c1=O. The number of hydrogen-bond acceptors (Lipinski definition) is 5. The summed E-state index contributed by atoms with van der Waals surface area (Å²) in [6.45, 7) is 0.201. The topological polar surface area (TPSA) is 87.8 Å². The smallest absolute Gasteiger partial charge is 0.262 e. The third-order valence-electron chi connectivity index (χ3n) is 4.55. The molecule has 1 N–H and O–H groups in total. The van der Waals surface area contributed by atoms with Crippen molar-refractivity contribution in [2.45, 2.75) is 13.0 Å². The summed E-state index contributed by atoms with van der Waals surface area (Å²) in [7, 11) is 0. The van der Waals surface area contributed by atoms with Crippen LogP contribution in [0.15, 0.2) is 71.1 Å². The van der Waals surface area contributed by atoms with E-state index in [1.165, 1.54) is 22.2 Å². The maximum absolute atomic E-state index is 13.0. The molecule has 4 aromatic rings. The van der Waals surface area contributed by atoms with Gasteiger partial charge in [0.2, 0.25) is 5.91 Å². The molecule has 0 saturated heterocycles. The van der Waals surface area contributed by atoms with Crippen LogP contribution in [0, 0.1) is 11.3 Å². The van der Waals surface area contributed by atoms with Crippen molar-refractivity contribution in [1.82, 2.24) is 9.55 Å². The molecule has 0 atom stereocenters. The Morgan fingerprint density at radius 2 is 1.90 bits per heavy atom. The second-order valence-electron chi connectivity index (χ2n) is 6.39. The summed E-state index contributed by atoms with van der Waals surface area (Å²) in [6, 6.07) is 18.5. The highest BCUT2D eigenvalue weighted by Gasteiger charge is 2.14. The van der Waals surface area contributed by atoms with E-state index in [9.17, 15) is 9.59 Å². The van der Waals surface area contributed by atoms with Gasteiger partial charge in [-0.15, -0.1) is 11.3 Å². The number of hydrogen-bond donors (Lipinski definition) is 1. The Labute approximate surface area is 170 Å². The van der Waals surface area contributed by atoms with Gasteiger partial charge in [-0.3, -0.25) is 14.2 Å². The van der Waals surface area contributed by atoms with E-state index in [4.69, 9.17) is 5.26 Å². The highest BCUT2D eigenvalue weighted by atomic mass is 32.1. The van der Waals surface area contributed by atoms with Gasteiger partial charge in [-0.2, -0.15) is 5.26 Å². The molecule has 0 radical (unpaired) electrons. The summed E-state index contributed by atoms with van der Waals surface area (Å²) in [5.74, 6) is -0.270. The number of benzene rings is 2. The van der Waals surface area contributed by atoms with Crippen LogP contribution in [-0.4, -0.2) is 15.5 Å². The number of carbonyl (C=O) groups excluding carboxylic acids is 1. The molecule has 2 aromatic carbocycles. The van der Waals surface area contributed by atoms with Gasteiger partial charge in [0, 0.05) is 23.9 Å². The van der Waals surface area contributed by atoms with Gasteiger partial charge >= 0.3 is 0 Å². The average molecular weight is 400 g/mol. The molecule has 0 aliphatic rings. The lowest BCUT2D eigenvalue weighted by atomic mass is 10.1. The molecule has 0 bridgehead atoms. The van der Waals surface area contributed by atoms with Crippen molar-refractivity contribution in [3.05, 3.63) is 82.2 Å². The summed E-state index contributed by atoms with van der Waals surface area (Å²) in [5.41, 5.74) is 2.50. The molecule has 7 heteroatoms. The molecule has 0 aliphatic heterocycles. The van der Waals surface area contributed by atoms with Crippen LogP contribution in [0.3, 0.4) is 0 Å². The van der Waals surface area contributed by atoms with Crippen molar-refractivity contribution in [1.29, 1.82) is 5.26 Å². The number of nitriles is 1. The van der Waals surface area contributed by atoms with Gasteiger partial charge in [0.1, 0.15) is 10.9 Å². The average Bonchev–Trinajstić information content (AvgIpc) is 3.19. The Hall–Kier alpha value is -3.76. The highest BCUT2D eigenvalue weighted by Crippen LogP contribution is 2.30. The first-order valence-corrected chi connectivity index (χ1v) is 9.86. The molecule has 142 valence electrons. The van der Waals surface area contributed by atoms with Crippen LogP contribution < -0.4 is 10.9 Å². The van der Waals surface area contributed by atoms with Gasteiger partial charge in [-0.1, -0.05) is 42.5 Å². The fourth-order valence-electron chi connectivity index (χ4n) is 3.08. The number of fused-ring (bicyclic) bond motifs is 1. The van der Waals surface area contributed by atoms with E-state index in [1.54, 1.807) is 24.3 Å². The Kier molecular flexibility index (Phi) is 5.18. The highest BCUT2D eigenvalue weighted by molar-refractivity contribution is 7.17. The third-order valence-corrected chi connectivity index (χ3v) is 5.43. The second-order valence-corrected chi connectivity index (χ2v) is 7.25. The number of nitrogens with one attached hydrogen (secondary N) is 1. The number of aryl methyl sites for hydroxylation is 1. The Bertz CT molecular complexity index is 1290. The van der Waals surface area contributed by atoms with Crippen LogP contribution >= 0.6 is 11.3 Å². The van der Waals surface area contributed by atoms with Crippen molar-refractivity contribution < 1.29 is 4.79 Å². The number of rotatable bonds is 5. The quantitative estimate of drug-likeness (QED) is 0.548. The van der Waals surface area contributed by atoms with E-state index >= 15 is 0 Å². The fourth-order valence-corrected chi connectivity index (χ4v) is 3.99. The molecule has 0 fully saturated rings. The first-order valence-electron chi connectivity index (χ1n) is 8.98. The van der Waals surface area contributed by atoms with Crippen LogP contribution in [0.4, 0.5) is 5.69 Å². The predicted molar refractivity (Wildman–Crippen MR) is 114 cm³/mol. The summed E-state index contributed by atoms with van der Waals surface area (Å²) >= 11 is 1.43. The van der Waals surface area contributed by atoms with Crippen molar-refractivity contribution in [2.75, 3.05) is 5.32 Å². The molecule has 0 aliphatic carbocycles. The van der Waals surface area contributed by atoms with Gasteiger partial charge in [-0.25, -0.2) is 4.98 Å². The lowest BCUT2D eigenvalue weighted by Crippen LogP contribution is -2.23. The predicted octanol–water partition coefficient (Wildman–Crippen LogP) is 4.03. The van der Waals surface area contributed by atoms with Crippen LogP contribution in [0.5, 0.6) is 0 Å². The summed E-state index contributed by atoms with van der Waals surface area (Å²) < 4.78 is 1.46. The normalized spacial score (nSPS) is 10.6. The lowest BCUT2D eigenvalue weighted by Gasteiger charge is -2.08. The summed E-state index contributed by atoms with van der Waals surface area (Å²) in [5, 5.41) is 14.4. The minimum Gasteiger partial charge on any atom is -0.325 e. The number of thiophene rings is 1. The molecule has 0 saturated carbocycles. The molecule has 4 rings (SSSR count). The molecular weight excluding hydrogens is 384 g/mol. The fraction of sp³-hybridized carbons (Fsp3) is 0.0909. The molecule has 6 nitrogen and oxygen atoms in total. The van der Waals surface area contributed by atoms with Gasteiger partial charge in [0.15, 0.2) is 0 Å². The molecule has 0 unspecified atom stereocenters. The van der Waals surface area contributed by atoms with E-state index in [0.29, 0.717) is 21.5 Å². The molecular formula is C22H16N4O2S. The maximum atomic E-state index is 13.0. The van der Waals surface area contributed by atoms with Gasteiger partial charge in [0.05, 0.1) is 23.0 Å². The van der Waals surface area contributed by atoms with Crippen molar-refractivity contribution in [2.24, 2.45) is 0 Å². The monoisotopic (exact) mass is 400 g/mol. The summed E-state index contributed by atoms with van der Waals surface area (Å²) in [6.07, 6.45) is 1.57. The van der Waals surface area contributed by atoms with Crippen LogP contribution in [0.25, 0.3) is 21.3 Å². The first kappa shape index (κ1) is 18.6. The largest absolute Gasteiger partial charge is 0.325 e. The Morgan fingerprint density at radius 3 is 2.69 bits per heavy atom. The number of nitrogens with zero attached hydrogens (tertiary/aromatic N) is 3. The van der Waals surface area contributed by atoms with Gasteiger partial charge < -0.3 is 5.32 Å². The molecule has 29 heavy (non-hydrogen) atoms. The minimum absolute atomic E-state index is 0.0949. The number of amides is 1. The zero-order valence-corrected chi connectivity index (χ0v) is 16.1. The molecule has 2 aromatic heterocycles. The zero-order chi connectivity index (χ0) is 20.2. The van der Waals surface area contributed by atoms with Crippen LogP contribution in [0.1, 0.15) is 12.0 Å². The van der Waals surface area contributed by atoms with E-state index < -0.39 is 0 Å². The number of para-hydroxylation sites is 1. The first-order chi connectivity index (χ1) is 14.2. The second kappa shape index (κ2) is 8.09. The molecule has 1 amide bonds. The van der Waals surface area contributed by atoms with E-state index in [2.05, 4.69) is 10.3 Å². The van der Waals surface area contributed by atoms with Crippen molar-refractivity contribution >= 4 is 33.1 Å². The maximum Gasteiger partial charge on any atom is 0.262 e. The standard InChI is InChI=1S/C22H16N4O2S/c23-12-16-8-4-5-9-18(16)25-19(27)10-11-26-14-24-21-20(22(26)28)17(13-29-21)15-6-2-1-3-7-15/h1-9,13-14H,10-11H2,(H,25,27).